The van der Waals surface area contributed by atoms with Crippen molar-refractivity contribution < 1.29 is 14.7 Å². The summed E-state index contributed by atoms with van der Waals surface area (Å²) in [6, 6.07) is 0.151. The van der Waals surface area contributed by atoms with E-state index in [9.17, 15) is 9.59 Å². The topological polar surface area (TPSA) is 88.3 Å². The molecule has 7 nitrogen and oxygen atoms in total. The number of carbonyl (C=O) groups is 2. The highest BCUT2D eigenvalue weighted by Crippen LogP contribution is 2.37. The van der Waals surface area contributed by atoms with E-state index in [0.717, 1.165) is 12.8 Å². The Kier molecular flexibility index (Phi) is 3.42. The average Bonchev–Trinajstić information content (AvgIpc) is 2.90. The third kappa shape index (κ3) is 2.28. The molecular formula is C13H18N4O3. The van der Waals surface area contributed by atoms with Crippen molar-refractivity contribution in [2.45, 2.75) is 31.7 Å². The molecule has 0 spiro atoms. The summed E-state index contributed by atoms with van der Waals surface area (Å²) in [6.45, 7) is 1.32. The van der Waals surface area contributed by atoms with Crippen LogP contribution in [-0.4, -0.2) is 49.7 Å². The molecule has 1 saturated carbocycles. The van der Waals surface area contributed by atoms with Crippen LogP contribution < -0.4 is 0 Å². The van der Waals surface area contributed by atoms with Crippen LogP contribution in [0.1, 0.15) is 31.7 Å². The molecule has 1 saturated heterocycles. The van der Waals surface area contributed by atoms with Crippen molar-refractivity contribution in [2.24, 2.45) is 11.8 Å². The molecule has 108 valence electrons. The Balaban J connectivity index is 1.65. The van der Waals surface area contributed by atoms with Gasteiger partial charge in [-0.3, -0.25) is 9.59 Å². The number of rotatable bonds is 3. The molecule has 1 N–H and O–H groups in total. The predicted molar refractivity (Wildman–Crippen MR) is 68.7 cm³/mol. The predicted octanol–water partition coefficient (Wildman–Crippen LogP) is 0.552. The van der Waals surface area contributed by atoms with Gasteiger partial charge in [0.2, 0.25) is 5.91 Å². The molecule has 3 rings (SSSR count). The van der Waals surface area contributed by atoms with E-state index in [2.05, 4.69) is 10.1 Å². The van der Waals surface area contributed by atoms with Gasteiger partial charge >= 0.3 is 5.97 Å². The number of hydrogen-bond donors (Lipinski definition) is 1. The summed E-state index contributed by atoms with van der Waals surface area (Å²) in [7, 11) is 0. The first-order chi connectivity index (χ1) is 9.66. The lowest BCUT2D eigenvalue weighted by Crippen LogP contribution is -2.49. The van der Waals surface area contributed by atoms with E-state index >= 15 is 0 Å². The second-order valence-electron chi connectivity index (χ2n) is 5.58. The maximum Gasteiger partial charge on any atom is 0.307 e. The summed E-state index contributed by atoms with van der Waals surface area (Å²) < 4.78 is 1.79. The van der Waals surface area contributed by atoms with Gasteiger partial charge in [0.25, 0.3) is 0 Å². The van der Waals surface area contributed by atoms with E-state index in [1.165, 1.54) is 6.33 Å². The third-order valence-electron chi connectivity index (χ3n) is 4.43. The van der Waals surface area contributed by atoms with Gasteiger partial charge in [-0.15, -0.1) is 0 Å². The van der Waals surface area contributed by atoms with Crippen LogP contribution in [0, 0.1) is 11.8 Å². The molecule has 1 amide bonds. The minimum Gasteiger partial charge on any atom is -0.481 e. The summed E-state index contributed by atoms with van der Waals surface area (Å²) >= 11 is 0. The molecule has 7 heteroatoms. The van der Waals surface area contributed by atoms with Crippen LogP contribution in [0.5, 0.6) is 0 Å². The van der Waals surface area contributed by atoms with Gasteiger partial charge in [0.05, 0.1) is 17.9 Å². The molecule has 0 bridgehead atoms. The van der Waals surface area contributed by atoms with E-state index in [0.29, 0.717) is 25.9 Å². The Morgan fingerprint density at radius 1 is 1.20 bits per heavy atom. The first-order valence-corrected chi connectivity index (χ1v) is 7.02. The second kappa shape index (κ2) is 5.22. The Morgan fingerprint density at radius 2 is 2.00 bits per heavy atom. The number of likely N-dealkylation sites (tertiary alicyclic amines) is 1. The zero-order chi connectivity index (χ0) is 14.1. The van der Waals surface area contributed by atoms with Crippen molar-refractivity contribution in [3.63, 3.8) is 0 Å². The fourth-order valence-corrected chi connectivity index (χ4v) is 3.10. The number of aromatic nitrogens is 3. The number of nitrogens with zero attached hydrogens (tertiary/aromatic N) is 4. The van der Waals surface area contributed by atoms with Crippen LogP contribution in [0.25, 0.3) is 0 Å². The lowest BCUT2D eigenvalue weighted by atomic mass is 9.72. The molecule has 0 aromatic carbocycles. The number of piperidine rings is 1. The summed E-state index contributed by atoms with van der Waals surface area (Å²) in [4.78, 5) is 29.2. The van der Waals surface area contributed by atoms with Gasteiger partial charge in [0.1, 0.15) is 12.7 Å². The zero-order valence-electron chi connectivity index (χ0n) is 11.2. The molecule has 3 atom stereocenters. The normalized spacial score (nSPS) is 29.8. The highest BCUT2D eigenvalue weighted by Gasteiger charge is 2.43. The van der Waals surface area contributed by atoms with Gasteiger partial charge in [-0.05, 0) is 25.7 Å². The second-order valence-corrected chi connectivity index (χ2v) is 5.58. The first-order valence-electron chi connectivity index (χ1n) is 7.02. The van der Waals surface area contributed by atoms with Crippen molar-refractivity contribution in [3.8, 4) is 0 Å². The minimum atomic E-state index is -0.848. The van der Waals surface area contributed by atoms with Crippen LogP contribution in [0.2, 0.25) is 0 Å². The first kappa shape index (κ1) is 13.1. The summed E-state index contributed by atoms with van der Waals surface area (Å²) in [5.74, 6) is -1.68. The summed E-state index contributed by atoms with van der Waals surface area (Å²) in [5.41, 5.74) is 0. The maximum atomic E-state index is 12.4. The van der Waals surface area contributed by atoms with E-state index in [1.807, 2.05) is 0 Å². The monoisotopic (exact) mass is 278 g/mol. The number of aliphatic carboxylic acids is 1. The lowest BCUT2D eigenvalue weighted by molar-refractivity contribution is -0.157. The van der Waals surface area contributed by atoms with Crippen molar-refractivity contribution in [1.82, 2.24) is 19.7 Å². The minimum absolute atomic E-state index is 0.00605. The lowest BCUT2D eigenvalue weighted by Gasteiger charge is -2.39. The van der Waals surface area contributed by atoms with E-state index in [1.54, 1.807) is 15.9 Å². The molecule has 1 aromatic rings. The average molecular weight is 278 g/mol. The quantitative estimate of drug-likeness (QED) is 0.872. The molecule has 3 unspecified atom stereocenters. The van der Waals surface area contributed by atoms with Gasteiger partial charge in [-0.2, -0.15) is 5.10 Å². The number of amides is 1. The standard InChI is InChI=1S/C13H18N4O3/c18-12(10-3-4-11(10)13(19)20)16-5-1-2-9(6-16)17-8-14-7-15-17/h7-11H,1-6H2,(H,19,20). The molecule has 1 aliphatic carbocycles. The molecule has 1 aromatic heterocycles. The highest BCUT2D eigenvalue weighted by molar-refractivity contribution is 5.86. The Labute approximate surface area is 116 Å². The van der Waals surface area contributed by atoms with Gasteiger partial charge < -0.3 is 10.0 Å². The van der Waals surface area contributed by atoms with E-state index < -0.39 is 11.9 Å². The number of carbonyl (C=O) groups excluding carboxylic acids is 1. The SMILES string of the molecule is O=C(O)C1CCC1C(=O)N1CCCC(n2cncn2)C1. The van der Waals surface area contributed by atoms with Crippen LogP contribution in [0.3, 0.4) is 0 Å². The Bertz CT molecular complexity index is 502. The van der Waals surface area contributed by atoms with Crippen molar-refractivity contribution >= 4 is 11.9 Å². The van der Waals surface area contributed by atoms with Crippen LogP contribution >= 0.6 is 0 Å². The van der Waals surface area contributed by atoms with Crippen molar-refractivity contribution in [3.05, 3.63) is 12.7 Å². The fourth-order valence-electron chi connectivity index (χ4n) is 3.10. The van der Waals surface area contributed by atoms with Crippen LogP contribution in [0.4, 0.5) is 0 Å². The summed E-state index contributed by atoms with van der Waals surface area (Å²) in [6.07, 6.45) is 6.36. The fraction of sp³-hybridized carbons (Fsp3) is 0.692. The van der Waals surface area contributed by atoms with Crippen LogP contribution in [0.15, 0.2) is 12.7 Å². The molecule has 0 radical (unpaired) electrons. The Morgan fingerprint density at radius 3 is 2.60 bits per heavy atom. The highest BCUT2D eigenvalue weighted by atomic mass is 16.4. The van der Waals surface area contributed by atoms with Gasteiger partial charge in [-0.1, -0.05) is 0 Å². The van der Waals surface area contributed by atoms with Crippen molar-refractivity contribution in [1.29, 1.82) is 0 Å². The molecule has 2 heterocycles. The molecule has 1 aliphatic heterocycles. The summed E-state index contributed by atoms with van der Waals surface area (Å²) in [5, 5.41) is 13.2. The molecule has 20 heavy (non-hydrogen) atoms. The van der Waals surface area contributed by atoms with Gasteiger partial charge in [0, 0.05) is 13.1 Å². The molecule has 2 fully saturated rings. The smallest absolute Gasteiger partial charge is 0.307 e. The number of carboxylic acids is 1. The van der Waals surface area contributed by atoms with Gasteiger partial charge in [0.15, 0.2) is 0 Å². The largest absolute Gasteiger partial charge is 0.481 e. The number of hydrogen-bond acceptors (Lipinski definition) is 4. The van der Waals surface area contributed by atoms with E-state index in [4.69, 9.17) is 5.11 Å². The van der Waals surface area contributed by atoms with Crippen molar-refractivity contribution in [2.75, 3.05) is 13.1 Å². The zero-order valence-corrected chi connectivity index (χ0v) is 11.2. The Hall–Kier alpha value is -1.92. The molecule has 2 aliphatic rings. The third-order valence-corrected chi connectivity index (χ3v) is 4.43. The van der Waals surface area contributed by atoms with Crippen LogP contribution in [-0.2, 0) is 9.59 Å². The molecular weight excluding hydrogens is 260 g/mol. The number of carboxylic acid groups (broad SMARTS) is 1. The maximum absolute atomic E-state index is 12.4. The van der Waals surface area contributed by atoms with E-state index in [-0.39, 0.29) is 17.9 Å². The van der Waals surface area contributed by atoms with Gasteiger partial charge in [-0.25, -0.2) is 9.67 Å².